The van der Waals surface area contributed by atoms with Gasteiger partial charge in [0.15, 0.2) is 0 Å². The van der Waals surface area contributed by atoms with Crippen LogP contribution in [0.2, 0.25) is 0 Å². The summed E-state index contributed by atoms with van der Waals surface area (Å²) in [6.07, 6.45) is 0.347. The van der Waals surface area contributed by atoms with E-state index in [0.717, 1.165) is 6.08 Å². The summed E-state index contributed by atoms with van der Waals surface area (Å²) in [6, 6.07) is 5.70. The minimum Gasteiger partial charge on any atom is -0.478 e. The molecule has 6 nitrogen and oxygen atoms in total. The van der Waals surface area contributed by atoms with Gasteiger partial charge in [0.1, 0.15) is 12.7 Å². The van der Waals surface area contributed by atoms with Crippen LogP contribution < -0.4 is 0 Å². The summed E-state index contributed by atoms with van der Waals surface area (Å²) in [5.74, 6) is -2.63. The van der Waals surface area contributed by atoms with Gasteiger partial charge in [-0.1, -0.05) is 18.7 Å². The Labute approximate surface area is 132 Å². The van der Waals surface area contributed by atoms with E-state index in [1.807, 2.05) is 0 Å². The predicted molar refractivity (Wildman–Crippen MR) is 69.4 cm³/mol. The molecule has 0 bridgehead atoms. The topological polar surface area (TPSA) is 89.9 Å². The van der Waals surface area contributed by atoms with Crippen LogP contribution in [0.5, 0.6) is 0 Å². The number of carbonyl (C=O) groups is 3. The van der Waals surface area contributed by atoms with E-state index in [0.29, 0.717) is 0 Å². The fraction of sp³-hybridized carbons (Fsp3) is 0.214. The summed E-state index contributed by atoms with van der Waals surface area (Å²) in [7, 11) is 0. The second-order valence-corrected chi connectivity index (χ2v) is 3.90. The monoisotopic (exact) mass is 341 g/mol. The molecule has 7 heteroatoms. The van der Waals surface area contributed by atoms with Crippen molar-refractivity contribution >= 4 is 17.9 Å². The third-order valence-corrected chi connectivity index (χ3v) is 2.31. The molecule has 0 saturated carbocycles. The van der Waals surface area contributed by atoms with E-state index in [1.54, 1.807) is 0 Å². The Hall–Kier alpha value is -2.11. The average Bonchev–Trinajstić information content (AvgIpc) is 2.44. The Morgan fingerprint density at radius 3 is 2.38 bits per heavy atom. The third kappa shape index (κ3) is 5.81. The number of rotatable bonds is 6. The zero-order valence-electron chi connectivity index (χ0n) is 11.2. The Bertz CT molecular complexity index is 540. The smallest absolute Gasteiger partial charge is 0.339 e. The minimum atomic E-state index is -1.22. The van der Waals surface area contributed by atoms with E-state index in [4.69, 9.17) is 14.6 Å². The molecule has 1 rings (SSSR count). The maximum Gasteiger partial charge on any atom is 0.339 e. The number of hydrogen-bond donors (Lipinski definition) is 1. The van der Waals surface area contributed by atoms with Gasteiger partial charge in [-0.25, -0.2) is 14.4 Å². The Morgan fingerprint density at radius 2 is 1.86 bits per heavy atom. The van der Waals surface area contributed by atoms with Crippen LogP contribution in [0.15, 0.2) is 36.9 Å². The number of carboxylic acids is 1. The van der Waals surface area contributed by atoms with Crippen LogP contribution in [0.1, 0.15) is 27.6 Å². The maximum absolute atomic E-state index is 11.8. The van der Waals surface area contributed by atoms with Crippen LogP contribution >= 0.6 is 0 Å². The second kappa shape index (κ2) is 8.94. The molecule has 0 aliphatic carbocycles. The first-order chi connectivity index (χ1) is 9.45. The largest absolute Gasteiger partial charge is 0.478 e. The van der Waals surface area contributed by atoms with Gasteiger partial charge in [-0.05, 0) is 19.1 Å². The maximum atomic E-state index is 11.8. The first-order valence-electron chi connectivity index (χ1n) is 5.78. The molecular weight excluding hydrogens is 328 g/mol. The van der Waals surface area contributed by atoms with Crippen molar-refractivity contribution in [2.24, 2.45) is 0 Å². The Balaban J connectivity index is 0.00000400. The Kier molecular flexibility index (Phi) is 8.04. The first-order valence-corrected chi connectivity index (χ1v) is 5.78. The molecule has 21 heavy (non-hydrogen) atoms. The fourth-order valence-corrected chi connectivity index (χ4v) is 1.40. The van der Waals surface area contributed by atoms with E-state index in [2.05, 4.69) is 6.58 Å². The van der Waals surface area contributed by atoms with Gasteiger partial charge in [0.05, 0.1) is 11.1 Å². The van der Waals surface area contributed by atoms with Crippen molar-refractivity contribution in [1.29, 1.82) is 0 Å². The summed E-state index contributed by atoms with van der Waals surface area (Å²) in [5.41, 5.74) is -0.199. The number of esters is 2. The van der Waals surface area contributed by atoms with Crippen molar-refractivity contribution < 1.29 is 46.0 Å². The summed E-state index contributed by atoms with van der Waals surface area (Å²) in [4.78, 5) is 33.7. The molecular formula is C14H14CuO6. The zero-order valence-corrected chi connectivity index (χ0v) is 12.1. The van der Waals surface area contributed by atoms with E-state index in [1.165, 1.54) is 31.2 Å². The SMILES string of the molecule is C=CC(=O)OC(C)COC(=O)c1ccccc1C(=O)O.[Cu]. The zero-order chi connectivity index (χ0) is 15.1. The number of carboxylic acid groups (broad SMARTS) is 1. The molecule has 0 amide bonds. The molecule has 1 aromatic rings. The molecule has 0 fully saturated rings. The number of aromatic carboxylic acids is 1. The molecule has 0 aliphatic rings. The minimum absolute atomic E-state index is 0. The van der Waals surface area contributed by atoms with Crippen molar-refractivity contribution in [3.63, 3.8) is 0 Å². The van der Waals surface area contributed by atoms with Gasteiger partial charge in [-0.15, -0.1) is 0 Å². The molecule has 0 heterocycles. The van der Waals surface area contributed by atoms with Crippen molar-refractivity contribution in [2.75, 3.05) is 6.61 Å². The molecule has 0 saturated heterocycles. The van der Waals surface area contributed by atoms with Gasteiger partial charge >= 0.3 is 17.9 Å². The number of hydrogen-bond acceptors (Lipinski definition) is 5. The van der Waals surface area contributed by atoms with Crippen LogP contribution in [0.4, 0.5) is 0 Å². The van der Waals surface area contributed by atoms with Crippen molar-refractivity contribution in [3.8, 4) is 0 Å². The van der Waals surface area contributed by atoms with E-state index >= 15 is 0 Å². The van der Waals surface area contributed by atoms with Crippen LogP contribution in [-0.2, 0) is 31.3 Å². The number of benzene rings is 1. The van der Waals surface area contributed by atoms with Crippen LogP contribution in [-0.4, -0.2) is 35.7 Å². The number of ether oxygens (including phenoxy) is 2. The molecule has 0 aliphatic heterocycles. The fourth-order valence-electron chi connectivity index (χ4n) is 1.40. The normalized spacial score (nSPS) is 10.7. The van der Waals surface area contributed by atoms with Gasteiger partial charge in [-0.2, -0.15) is 0 Å². The van der Waals surface area contributed by atoms with Gasteiger partial charge in [-0.3, -0.25) is 0 Å². The summed E-state index contributed by atoms with van der Waals surface area (Å²) < 4.78 is 9.73. The van der Waals surface area contributed by atoms with E-state index < -0.39 is 24.0 Å². The molecule has 1 N–H and O–H groups in total. The standard InChI is InChI=1S/C14H14O6.Cu/c1-3-12(15)20-9(2)8-19-14(18)11-7-5-4-6-10(11)13(16)17;/h3-7,9H,1,8H2,2H3,(H,16,17);. The second-order valence-electron chi connectivity index (χ2n) is 3.90. The average molecular weight is 342 g/mol. The summed E-state index contributed by atoms with van der Waals surface area (Å²) in [5, 5.41) is 8.95. The number of carbonyl (C=O) groups excluding carboxylic acids is 2. The van der Waals surface area contributed by atoms with Crippen LogP contribution in [0.3, 0.4) is 0 Å². The molecule has 1 radical (unpaired) electrons. The van der Waals surface area contributed by atoms with Crippen LogP contribution in [0.25, 0.3) is 0 Å². The summed E-state index contributed by atoms with van der Waals surface area (Å²) in [6.45, 7) is 4.61. The molecule has 0 aromatic heterocycles. The molecule has 1 unspecified atom stereocenters. The molecule has 1 atom stereocenters. The Morgan fingerprint density at radius 1 is 1.29 bits per heavy atom. The van der Waals surface area contributed by atoms with Crippen molar-refractivity contribution in [2.45, 2.75) is 13.0 Å². The first kappa shape index (κ1) is 18.9. The van der Waals surface area contributed by atoms with Gasteiger partial charge in [0.25, 0.3) is 0 Å². The van der Waals surface area contributed by atoms with Gasteiger partial charge in [0.2, 0.25) is 0 Å². The molecule has 117 valence electrons. The molecule has 0 spiro atoms. The summed E-state index contributed by atoms with van der Waals surface area (Å²) >= 11 is 0. The van der Waals surface area contributed by atoms with E-state index in [9.17, 15) is 14.4 Å². The van der Waals surface area contributed by atoms with Gasteiger partial charge in [0, 0.05) is 23.1 Å². The van der Waals surface area contributed by atoms with Crippen LogP contribution in [0, 0.1) is 0 Å². The predicted octanol–water partition coefficient (Wildman–Crippen LogP) is 1.66. The van der Waals surface area contributed by atoms with Crippen molar-refractivity contribution in [1.82, 2.24) is 0 Å². The molecule has 1 aromatic carbocycles. The quantitative estimate of drug-likeness (QED) is 0.481. The van der Waals surface area contributed by atoms with E-state index in [-0.39, 0.29) is 34.8 Å². The van der Waals surface area contributed by atoms with Crippen molar-refractivity contribution in [3.05, 3.63) is 48.0 Å². The third-order valence-electron chi connectivity index (χ3n) is 2.31. The van der Waals surface area contributed by atoms with Gasteiger partial charge < -0.3 is 14.6 Å².